The summed E-state index contributed by atoms with van der Waals surface area (Å²) in [4.78, 5) is 15.4. The zero-order valence-corrected chi connectivity index (χ0v) is 12.1. The predicted octanol–water partition coefficient (Wildman–Crippen LogP) is 3.79. The molecule has 4 heteroatoms. The van der Waals surface area contributed by atoms with Crippen molar-refractivity contribution in [3.05, 3.63) is 44.8 Å². The molecule has 2 rings (SSSR count). The number of thiophene rings is 2. The van der Waals surface area contributed by atoms with Crippen LogP contribution in [0.2, 0.25) is 0 Å². The van der Waals surface area contributed by atoms with Crippen LogP contribution in [0.4, 0.5) is 0 Å². The van der Waals surface area contributed by atoms with Crippen LogP contribution in [0.5, 0.6) is 0 Å². The van der Waals surface area contributed by atoms with Gasteiger partial charge in [-0.2, -0.15) is 11.3 Å². The second kappa shape index (κ2) is 6.71. The maximum atomic E-state index is 12.3. The molecule has 1 amide bonds. The van der Waals surface area contributed by atoms with E-state index in [1.54, 1.807) is 22.7 Å². The quantitative estimate of drug-likeness (QED) is 0.788. The molecule has 2 aromatic rings. The molecule has 0 bridgehead atoms. The summed E-state index contributed by atoms with van der Waals surface area (Å²) in [7, 11) is 0. The Morgan fingerprint density at radius 2 is 2.22 bits per heavy atom. The predicted molar refractivity (Wildman–Crippen MR) is 78.1 cm³/mol. The summed E-state index contributed by atoms with van der Waals surface area (Å²) in [6.07, 6.45) is 1.53. The van der Waals surface area contributed by atoms with Gasteiger partial charge in [0.05, 0.1) is 6.42 Å². The smallest absolute Gasteiger partial charge is 0.228 e. The molecule has 0 saturated heterocycles. The summed E-state index contributed by atoms with van der Waals surface area (Å²) < 4.78 is 0. The fourth-order valence-electron chi connectivity index (χ4n) is 1.84. The summed E-state index contributed by atoms with van der Waals surface area (Å²) in [6.45, 7) is 3.68. The number of hydrogen-bond donors (Lipinski definition) is 0. The van der Waals surface area contributed by atoms with E-state index in [-0.39, 0.29) is 5.91 Å². The zero-order valence-electron chi connectivity index (χ0n) is 10.5. The Kier molecular flexibility index (Phi) is 4.96. The second-order valence-corrected chi connectivity index (χ2v) is 6.02. The van der Waals surface area contributed by atoms with Crippen molar-refractivity contribution in [3.63, 3.8) is 0 Å². The molecule has 2 heterocycles. The molecule has 2 nitrogen and oxygen atoms in total. The zero-order chi connectivity index (χ0) is 12.8. The van der Waals surface area contributed by atoms with E-state index in [0.29, 0.717) is 6.42 Å². The SMILES string of the molecule is CCCN(Cc1ccsc1)C(=O)Cc1cccs1. The van der Waals surface area contributed by atoms with Gasteiger partial charge in [-0.1, -0.05) is 13.0 Å². The highest BCUT2D eigenvalue weighted by atomic mass is 32.1. The van der Waals surface area contributed by atoms with E-state index < -0.39 is 0 Å². The van der Waals surface area contributed by atoms with Gasteiger partial charge in [0.2, 0.25) is 5.91 Å². The van der Waals surface area contributed by atoms with Gasteiger partial charge in [0.25, 0.3) is 0 Å². The van der Waals surface area contributed by atoms with Crippen molar-refractivity contribution >= 4 is 28.6 Å². The molecule has 0 aliphatic carbocycles. The lowest BCUT2D eigenvalue weighted by Crippen LogP contribution is -2.32. The lowest BCUT2D eigenvalue weighted by Gasteiger charge is -2.21. The van der Waals surface area contributed by atoms with Crippen LogP contribution in [0.1, 0.15) is 23.8 Å². The fourth-order valence-corrected chi connectivity index (χ4v) is 3.19. The Hall–Kier alpha value is -1.13. The number of carbonyl (C=O) groups is 1. The lowest BCUT2D eigenvalue weighted by molar-refractivity contribution is -0.131. The van der Waals surface area contributed by atoms with Crippen molar-refractivity contribution < 1.29 is 4.79 Å². The highest BCUT2D eigenvalue weighted by Gasteiger charge is 2.14. The third-order valence-corrected chi connectivity index (χ3v) is 4.31. The minimum atomic E-state index is 0.227. The third-order valence-electron chi connectivity index (χ3n) is 2.71. The molecule has 0 fully saturated rings. The largest absolute Gasteiger partial charge is 0.338 e. The van der Waals surface area contributed by atoms with Crippen molar-refractivity contribution in [2.45, 2.75) is 26.3 Å². The topological polar surface area (TPSA) is 20.3 Å². The molecule has 0 aliphatic heterocycles. The summed E-state index contributed by atoms with van der Waals surface area (Å²) in [6, 6.07) is 6.11. The van der Waals surface area contributed by atoms with Crippen LogP contribution in [0.25, 0.3) is 0 Å². The first-order chi connectivity index (χ1) is 8.79. The van der Waals surface area contributed by atoms with E-state index in [1.165, 1.54) is 5.56 Å². The van der Waals surface area contributed by atoms with Crippen molar-refractivity contribution in [2.75, 3.05) is 6.54 Å². The van der Waals surface area contributed by atoms with E-state index in [0.717, 1.165) is 24.4 Å². The fraction of sp³-hybridized carbons (Fsp3) is 0.357. The van der Waals surface area contributed by atoms with Gasteiger partial charge in [0.15, 0.2) is 0 Å². The molecular weight excluding hydrogens is 262 g/mol. The first-order valence-corrected chi connectivity index (χ1v) is 7.93. The Labute approximate surface area is 116 Å². The molecule has 0 saturated carbocycles. The second-order valence-electron chi connectivity index (χ2n) is 4.20. The molecular formula is C14H17NOS2. The van der Waals surface area contributed by atoms with Crippen molar-refractivity contribution in [1.29, 1.82) is 0 Å². The Balaban J connectivity index is 1.98. The Bertz CT molecular complexity index is 462. The monoisotopic (exact) mass is 279 g/mol. The van der Waals surface area contributed by atoms with Crippen molar-refractivity contribution in [2.24, 2.45) is 0 Å². The first kappa shape index (κ1) is 13.3. The summed E-state index contributed by atoms with van der Waals surface area (Å²) in [5.74, 6) is 0.227. The van der Waals surface area contributed by atoms with Gasteiger partial charge in [-0.15, -0.1) is 11.3 Å². The number of amides is 1. The Morgan fingerprint density at radius 3 is 2.83 bits per heavy atom. The highest BCUT2D eigenvalue weighted by Crippen LogP contribution is 2.14. The molecule has 18 heavy (non-hydrogen) atoms. The van der Waals surface area contributed by atoms with E-state index >= 15 is 0 Å². The van der Waals surface area contributed by atoms with E-state index in [2.05, 4.69) is 23.8 Å². The standard InChI is InChI=1S/C14H17NOS2/c1-2-6-15(10-12-5-8-17-11-12)14(16)9-13-4-3-7-18-13/h3-5,7-8,11H,2,6,9-10H2,1H3. The van der Waals surface area contributed by atoms with Gasteiger partial charge < -0.3 is 4.90 Å². The first-order valence-electron chi connectivity index (χ1n) is 6.11. The van der Waals surface area contributed by atoms with Crippen LogP contribution < -0.4 is 0 Å². The number of rotatable bonds is 6. The maximum Gasteiger partial charge on any atom is 0.228 e. The maximum absolute atomic E-state index is 12.3. The minimum Gasteiger partial charge on any atom is -0.338 e. The van der Waals surface area contributed by atoms with E-state index in [4.69, 9.17) is 0 Å². The average Bonchev–Trinajstić information content (AvgIpc) is 3.01. The van der Waals surface area contributed by atoms with Crippen molar-refractivity contribution in [3.8, 4) is 0 Å². The number of nitrogens with zero attached hydrogens (tertiary/aromatic N) is 1. The number of carbonyl (C=O) groups excluding carboxylic acids is 1. The summed E-state index contributed by atoms with van der Waals surface area (Å²) in [5, 5.41) is 6.19. The van der Waals surface area contributed by atoms with E-state index in [9.17, 15) is 4.79 Å². The van der Waals surface area contributed by atoms with Gasteiger partial charge in [-0.3, -0.25) is 4.79 Å². The molecule has 0 spiro atoms. The van der Waals surface area contributed by atoms with Crippen LogP contribution in [0.15, 0.2) is 34.3 Å². The molecule has 0 aromatic carbocycles. The van der Waals surface area contributed by atoms with Crippen LogP contribution in [0, 0.1) is 0 Å². The summed E-state index contributed by atoms with van der Waals surface area (Å²) in [5.41, 5.74) is 1.23. The van der Waals surface area contributed by atoms with Gasteiger partial charge in [0.1, 0.15) is 0 Å². The molecule has 0 N–H and O–H groups in total. The minimum absolute atomic E-state index is 0.227. The van der Waals surface area contributed by atoms with Crippen LogP contribution in [-0.4, -0.2) is 17.4 Å². The highest BCUT2D eigenvalue weighted by molar-refractivity contribution is 7.10. The molecule has 0 aliphatic rings. The lowest BCUT2D eigenvalue weighted by atomic mass is 10.2. The molecule has 0 unspecified atom stereocenters. The average molecular weight is 279 g/mol. The normalized spacial score (nSPS) is 10.5. The van der Waals surface area contributed by atoms with Gasteiger partial charge >= 0.3 is 0 Å². The van der Waals surface area contributed by atoms with Crippen LogP contribution >= 0.6 is 22.7 Å². The van der Waals surface area contributed by atoms with Gasteiger partial charge in [-0.25, -0.2) is 0 Å². The van der Waals surface area contributed by atoms with Crippen molar-refractivity contribution in [1.82, 2.24) is 4.90 Å². The molecule has 0 radical (unpaired) electrons. The van der Waals surface area contributed by atoms with Gasteiger partial charge in [0, 0.05) is 18.0 Å². The molecule has 2 aromatic heterocycles. The van der Waals surface area contributed by atoms with Gasteiger partial charge in [-0.05, 0) is 40.3 Å². The summed E-state index contributed by atoms with van der Waals surface area (Å²) >= 11 is 3.33. The molecule has 96 valence electrons. The van der Waals surface area contributed by atoms with Crippen LogP contribution in [0.3, 0.4) is 0 Å². The Morgan fingerprint density at radius 1 is 1.33 bits per heavy atom. The third kappa shape index (κ3) is 3.68. The molecule has 0 atom stereocenters. The van der Waals surface area contributed by atoms with Crippen LogP contribution in [-0.2, 0) is 17.8 Å². The van der Waals surface area contributed by atoms with E-state index in [1.807, 2.05) is 22.4 Å². The number of hydrogen-bond acceptors (Lipinski definition) is 3.